The van der Waals surface area contributed by atoms with E-state index < -0.39 is 0 Å². The third-order valence-corrected chi connectivity index (χ3v) is 4.41. The Morgan fingerprint density at radius 2 is 2.05 bits per heavy atom. The quantitative estimate of drug-likeness (QED) is 0.834. The number of hydrogen-bond acceptors (Lipinski definition) is 7. The van der Waals surface area contributed by atoms with Crippen LogP contribution in [0.3, 0.4) is 0 Å². The summed E-state index contributed by atoms with van der Waals surface area (Å²) < 4.78 is 5.60. The van der Waals surface area contributed by atoms with Crippen molar-refractivity contribution in [3.8, 4) is 0 Å². The fourth-order valence-electron chi connectivity index (χ4n) is 2.43. The van der Waals surface area contributed by atoms with Crippen molar-refractivity contribution in [2.45, 2.75) is 36.9 Å². The van der Waals surface area contributed by atoms with Gasteiger partial charge in [-0.3, -0.25) is 0 Å². The zero-order valence-electron chi connectivity index (χ0n) is 10.9. The maximum atomic E-state index is 5.78. The van der Waals surface area contributed by atoms with Gasteiger partial charge >= 0.3 is 0 Å². The number of nitrogen functional groups attached to an aromatic ring is 1. The molecule has 3 heterocycles. The van der Waals surface area contributed by atoms with Crippen LogP contribution in [0.15, 0.2) is 5.16 Å². The highest BCUT2D eigenvalue weighted by atomic mass is 32.2. The number of nitrogens with two attached hydrogens (primary N) is 1. The van der Waals surface area contributed by atoms with Crippen LogP contribution in [0.4, 0.5) is 11.9 Å². The molecule has 2 N–H and O–H groups in total. The molecule has 0 saturated carbocycles. The Balaban J connectivity index is 1.66. The Morgan fingerprint density at radius 1 is 1.21 bits per heavy atom. The van der Waals surface area contributed by atoms with E-state index in [1.807, 2.05) is 0 Å². The number of thioether (sulfide) groups is 1. The van der Waals surface area contributed by atoms with Crippen LogP contribution in [0.2, 0.25) is 0 Å². The molecule has 6 nitrogen and oxygen atoms in total. The zero-order chi connectivity index (χ0) is 13.1. The highest BCUT2D eigenvalue weighted by Crippen LogP contribution is 2.24. The molecule has 104 valence electrons. The van der Waals surface area contributed by atoms with Gasteiger partial charge in [0, 0.05) is 25.4 Å². The molecule has 1 aromatic heterocycles. The van der Waals surface area contributed by atoms with E-state index in [-0.39, 0.29) is 0 Å². The van der Waals surface area contributed by atoms with Crippen LogP contribution >= 0.6 is 11.8 Å². The first kappa shape index (κ1) is 12.9. The number of nitrogens with zero attached hydrogens (tertiary/aromatic N) is 4. The van der Waals surface area contributed by atoms with Gasteiger partial charge in [0.05, 0.1) is 6.10 Å². The van der Waals surface area contributed by atoms with Crippen molar-refractivity contribution < 1.29 is 4.74 Å². The van der Waals surface area contributed by atoms with Gasteiger partial charge in [-0.1, -0.05) is 11.8 Å². The fourth-order valence-corrected chi connectivity index (χ4v) is 3.33. The third-order valence-electron chi connectivity index (χ3n) is 3.43. The predicted molar refractivity (Wildman–Crippen MR) is 75.4 cm³/mol. The van der Waals surface area contributed by atoms with Gasteiger partial charge in [-0.15, -0.1) is 0 Å². The van der Waals surface area contributed by atoms with Gasteiger partial charge in [-0.2, -0.15) is 15.0 Å². The fraction of sp³-hybridized carbons (Fsp3) is 0.750. The Morgan fingerprint density at radius 3 is 2.79 bits per heavy atom. The molecule has 0 amide bonds. The molecule has 7 heteroatoms. The van der Waals surface area contributed by atoms with E-state index >= 15 is 0 Å². The van der Waals surface area contributed by atoms with Gasteiger partial charge in [0.15, 0.2) is 5.16 Å². The molecular weight excluding hydrogens is 262 g/mol. The molecule has 0 aromatic carbocycles. The molecular formula is C12H19N5OS. The Hall–Kier alpha value is -1.08. The minimum Gasteiger partial charge on any atom is -0.377 e. The predicted octanol–water partition coefficient (Wildman–Crippen LogP) is 1.33. The van der Waals surface area contributed by atoms with Crippen LogP contribution in [-0.2, 0) is 4.74 Å². The van der Waals surface area contributed by atoms with Gasteiger partial charge in [-0.25, -0.2) is 0 Å². The summed E-state index contributed by atoms with van der Waals surface area (Å²) in [6, 6.07) is 0. The lowest BCUT2D eigenvalue weighted by molar-refractivity contribution is 0.129. The van der Waals surface area contributed by atoms with E-state index in [1.54, 1.807) is 11.8 Å². The Kier molecular flexibility index (Phi) is 4.03. The lowest BCUT2D eigenvalue weighted by Gasteiger charge is -2.15. The second kappa shape index (κ2) is 5.92. The van der Waals surface area contributed by atoms with Crippen molar-refractivity contribution in [3.63, 3.8) is 0 Å². The molecule has 1 aromatic rings. The molecule has 2 aliphatic heterocycles. The molecule has 2 fully saturated rings. The number of anilines is 2. The van der Waals surface area contributed by atoms with E-state index in [4.69, 9.17) is 10.5 Å². The summed E-state index contributed by atoms with van der Waals surface area (Å²) in [5.41, 5.74) is 5.78. The van der Waals surface area contributed by atoms with E-state index in [2.05, 4.69) is 19.9 Å². The molecule has 3 rings (SSSR count). The highest BCUT2D eigenvalue weighted by Gasteiger charge is 2.19. The summed E-state index contributed by atoms with van der Waals surface area (Å²) in [7, 11) is 0. The average Bonchev–Trinajstić information content (AvgIpc) is 3.09. The van der Waals surface area contributed by atoms with Gasteiger partial charge < -0.3 is 15.4 Å². The maximum absolute atomic E-state index is 5.78. The van der Waals surface area contributed by atoms with Crippen molar-refractivity contribution in [1.82, 2.24) is 15.0 Å². The summed E-state index contributed by atoms with van der Waals surface area (Å²) in [5.74, 6) is 1.93. The largest absolute Gasteiger partial charge is 0.377 e. The van der Waals surface area contributed by atoms with Crippen LogP contribution in [0, 0.1) is 0 Å². The van der Waals surface area contributed by atoms with E-state index in [9.17, 15) is 0 Å². The molecule has 1 unspecified atom stereocenters. The van der Waals surface area contributed by atoms with Crippen molar-refractivity contribution in [3.05, 3.63) is 0 Å². The van der Waals surface area contributed by atoms with Crippen LogP contribution in [-0.4, -0.2) is 46.5 Å². The lowest BCUT2D eigenvalue weighted by Crippen LogP contribution is -2.21. The topological polar surface area (TPSA) is 77.2 Å². The normalized spacial score (nSPS) is 23.2. The summed E-state index contributed by atoms with van der Waals surface area (Å²) in [5, 5.41) is 0.713. The van der Waals surface area contributed by atoms with Crippen LogP contribution in [0.25, 0.3) is 0 Å². The molecule has 2 saturated heterocycles. The summed E-state index contributed by atoms with van der Waals surface area (Å²) in [6.45, 7) is 2.90. The minimum atomic E-state index is 0.312. The van der Waals surface area contributed by atoms with E-state index in [1.165, 1.54) is 12.8 Å². The number of rotatable bonds is 4. The van der Waals surface area contributed by atoms with Crippen molar-refractivity contribution >= 4 is 23.7 Å². The third kappa shape index (κ3) is 3.27. The first-order valence-electron chi connectivity index (χ1n) is 6.82. The molecule has 0 radical (unpaired) electrons. The van der Waals surface area contributed by atoms with E-state index in [0.717, 1.165) is 44.2 Å². The molecule has 0 aliphatic carbocycles. The Bertz CT molecular complexity index is 432. The van der Waals surface area contributed by atoms with Gasteiger partial charge in [-0.05, 0) is 25.7 Å². The van der Waals surface area contributed by atoms with Crippen molar-refractivity contribution in [2.24, 2.45) is 0 Å². The number of hydrogen-bond donors (Lipinski definition) is 1. The van der Waals surface area contributed by atoms with Crippen LogP contribution in [0.5, 0.6) is 0 Å². The lowest BCUT2D eigenvalue weighted by atomic mass is 10.3. The number of aromatic nitrogens is 3. The molecule has 19 heavy (non-hydrogen) atoms. The van der Waals surface area contributed by atoms with E-state index in [0.29, 0.717) is 17.2 Å². The first-order valence-corrected chi connectivity index (χ1v) is 7.81. The molecule has 0 spiro atoms. The number of ether oxygens (including phenoxy) is 1. The second-order valence-electron chi connectivity index (χ2n) is 4.92. The van der Waals surface area contributed by atoms with Gasteiger partial charge in [0.2, 0.25) is 11.9 Å². The van der Waals surface area contributed by atoms with Crippen molar-refractivity contribution in [1.29, 1.82) is 0 Å². The Labute approximate surface area is 117 Å². The second-order valence-corrected chi connectivity index (χ2v) is 5.90. The average molecular weight is 281 g/mol. The monoisotopic (exact) mass is 281 g/mol. The van der Waals surface area contributed by atoms with Gasteiger partial charge in [0.25, 0.3) is 0 Å². The summed E-state index contributed by atoms with van der Waals surface area (Å²) >= 11 is 1.61. The van der Waals surface area contributed by atoms with Crippen LogP contribution in [0.1, 0.15) is 25.7 Å². The van der Waals surface area contributed by atoms with Gasteiger partial charge in [0.1, 0.15) is 0 Å². The first-order chi connectivity index (χ1) is 9.31. The van der Waals surface area contributed by atoms with Crippen molar-refractivity contribution in [2.75, 3.05) is 36.1 Å². The highest BCUT2D eigenvalue weighted by molar-refractivity contribution is 7.99. The molecule has 1 atom stereocenters. The molecule has 2 aliphatic rings. The standard InChI is InChI=1S/C12H19N5OS/c13-10-14-11(17-5-1-2-6-17)16-12(15-10)19-8-9-4-3-7-18-9/h9H,1-8H2,(H2,13,14,15,16). The van der Waals surface area contributed by atoms with Crippen LogP contribution < -0.4 is 10.6 Å². The maximum Gasteiger partial charge on any atom is 0.231 e. The summed E-state index contributed by atoms with van der Waals surface area (Å²) in [4.78, 5) is 15.1. The molecule has 0 bridgehead atoms. The smallest absolute Gasteiger partial charge is 0.231 e. The summed E-state index contributed by atoms with van der Waals surface area (Å²) in [6.07, 6.45) is 5.02. The SMILES string of the molecule is Nc1nc(SCC2CCCO2)nc(N2CCCC2)n1. The zero-order valence-corrected chi connectivity index (χ0v) is 11.7. The minimum absolute atomic E-state index is 0.312.